The van der Waals surface area contributed by atoms with Crippen molar-refractivity contribution in [2.24, 2.45) is 7.05 Å². The van der Waals surface area contributed by atoms with Crippen LogP contribution in [-0.2, 0) is 7.05 Å². The van der Waals surface area contributed by atoms with Crippen molar-refractivity contribution in [3.8, 4) is 0 Å². The summed E-state index contributed by atoms with van der Waals surface area (Å²) in [6, 6.07) is 4.26. The van der Waals surface area contributed by atoms with E-state index >= 15 is 0 Å². The Kier molecular flexibility index (Phi) is 4.37. The van der Waals surface area contributed by atoms with Gasteiger partial charge in [0.1, 0.15) is 5.69 Å². The number of aryl methyl sites for hydroxylation is 1. The molecule has 0 aliphatic heterocycles. The zero-order chi connectivity index (χ0) is 15.6. The molecule has 0 atom stereocenters. The number of amides is 2. The highest BCUT2D eigenvalue weighted by Gasteiger charge is 2.14. The Morgan fingerprint density at radius 3 is 2.33 bits per heavy atom. The molecule has 0 aliphatic carbocycles. The van der Waals surface area contributed by atoms with Crippen LogP contribution in [0.15, 0.2) is 34.9 Å². The summed E-state index contributed by atoms with van der Waals surface area (Å²) >= 11 is 3.22. The smallest absolute Gasteiger partial charge is 0.286 e. The van der Waals surface area contributed by atoms with E-state index in [9.17, 15) is 18.4 Å². The number of halogens is 3. The fourth-order valence-electron chi connectivity index (χ4n) is 1.64. The second-order valence-corrected chi connectivity index (χ2v) is 5.11. The van der Waals surface area contributed by atoms with Crippen molar-refractivity contribution in [1.82, 2.24) is 15.4 Å². The lowest BCUT2D eigenvalue weighted by atomic mass is 10.2. The molecule has 2 rings (SSSR count). The molecule has 0 aliphatic rings. The molecule has 1 aromatic carbocycles. The number of rotatable bonds is 2. The Hall–Kier alpha value is -2.22. The van der Waals surface area contributed by atoms with E-state index in [1.165, 1.54) is 0 Å². The number of aromatic nitrogens is 1. The second kappa shape index (κ2) is 6.04. The SMILES string of the molecule is Cn1cc(Br)cc1C(=O)NNC(=O)c1ccc(F)c(F)c1. The van der Waals surface area contributed by atoms with Gasteiger partial charge in [-0.3, -0.25) is 20.4 Å². The van der Waals surface area contributed by atoms with E-state index in [-0.39, 0.29) is 5.56 Å². The quantitative estimate of drug-likeness (QED) is 0.808. The van der Waals surface area contributed by atoms with Crippen molar-refractivity contribution < 1.29 is 18.4 Å². The summed E-state index contributed by atoms with van der Waals surface area (Å²) in [7, 11) is 1.66. The maximum Gasteiger partial charge on any atom is 0.286 e. The summed E-state index contributed by atoms with van der Waals surface area (Å²) in [6.07, 6.45) is 1.67. The molecule has 8 heteroatoms. The van der Waals surface area contributed by atoms with Crippen LogP contribution in [0.25, 0.3) is 0 Å². The third-order valence-electron chi connectivity index (χ3n) is 2.68. The minimum Gasteiger partial charge on any atom is -0.345 e. The molecule has 2 aromatic rings. The van der Waals surface area contributed by atoms with Crippen LogP contribution < -0.4 is 10.9 Å². The fraction of sp³-hybridized carbons (Fsp3) is 0.0769. The largest absolute Gasteiger partial charge is 0.345 e. The molecule has 0 saturated heterocycles. The summed E-state index contributed by atoms with van der Waals surface area (Å²) in [5.74, 6) is -3.49. The number of nitrogens with zero attached hydrogens (tertiary/aromatic N) is 1. The minimum absolute atomic E-state index is 0.109. The number of carbonyl (C=O) groups excluding carboxylic acids is 2. The molecule has 1 heterocycles. The molecule has 0 radical (unpaired) electrons. The first kappa shape index (κ1) is 15.2. The van der Waals surface area contributed by atoms with E-state index in [1.807, 2.05) is 0 Å². The Morgan fingerprint density at radius 1 is 1.10 bits per heavy atom. The maximum absolute atomic E-state index is 13.0. The molecule has 110 valence electrons. The first-order chi connectivity index (χ1) is 9.88. The third kappa shape index (κ3) is 3.46. The van der Waals surface area contributed by atoms with Gasteiger partial charge in [-0.1, -0.05) is 0 Å². The number of hydrogen-bond donors (Lipinski definition) is 2. The van der Waals surface area contributed by atoms with Gasteiger partial charge in [-0.15, -0.1) is 0 Å². The second-order valence-electron chi connectivity index (χ2n) is 4.19. The zero-order valence-electron chi connectivity index (χ0n) is 10.8. The summed E-state index contributed by atoms with van der Waals surface area (Å²) in [6.45, 7) is 0. The normalized spacial score (nSPS) is 10.3. The topological polar surface area (TPSA) is 63.1 Å². The van der Waals surface area contributed by atoms with E-state index in [0.717, 1.165) is 18.2 Å². The Balaban J connectivity index is 2.02. The molecule has 0 bridgehead atoms. The Bertz CT molecular complexity index is 715. The number of benzene rings is 1. The number of carbonyl (C=O) groups is 2. The molecule has 0 spiro atoms. The predicted molar refractivity (Wildman–Crippen MR) is 74.4 cm³/mol. The highest BCUT2D eigenvalue weighted by molar-refractivity contribution is 9.10. The average Bonchev–Trinajstić information content (AvgIpc) is 2.77. The van der Waals surface area contributed by atoms with Crippen LogP contribution in [0.5, 0.6) is 0 Å². The van der Waals surface area contributed by atoms with Crippen molar-refractivity contribution in [3.63, 3.8) is 0 Å². The molecular formula is C13H10BrF2N3O2. The summed E-state index contributed by atoms with van der Waals surface area (Å²) < 4.78 is 28.0. The van der Waals surface area contributed by atoms with Crippen LogP contribution in [-0.4, -0.2) is 16.4 Å². The van der Waals surface area contributed by atoms with Crippen LogP contribution in [0.1, 0.15) is 20.8 Å². The monoisotopic (exact) mass is 357 g/mol. The molecule has 2 amide bonds. The van der Waals surface area contributed by atoms with Crippen LogP contribution in [0.4, 0.5) is 8.78 Å². The summed E-state index contributed by atoms with van der Waals surface area (Å²) in [4.78, 5) is 23.5. The van der Waals surface area contributed by atoms with Crippen molar-refractivity contribution in [2.75, 3.05) is 0 Å². The van der Waals surface area contributed by atoms with Crippen molar-refractivity contribution in [2.45, 2.75) is 0 Å². The molecule has 1 aromatic heterocycles. The molecule has 5 nitrogen and oxygen atoms in total. The lowest BCUT2D eigenvalue weighted by Gasteiger charge is -2.08. The first-order valence-electron chi connectivity index (χ1n) is 5.76. The van der Waals surface area contributed by atoms with Gasteiger partial charge in [0.15, 0.2) is 11.6 Å². The Labute approximate surface area is 127 Å². The number of hydrazine groups is 1. The molecule has 0 fully saturated rings. The maximum atomic E-state index is 13.0. The van der Waals surface area contributed by atoms with Crippen LogP contribution in [0, 0.1) is 11.6 Å². The molecule has 0 unspecified atom stereocenters. The first-order valence-corrected chi connectivity index (χ1v) is 6.55. The average molecular weight is 358 g/mol. The number of hydrogen-bond acceptors (Lipinski definition) is 2. The number of nitrogens with one attached hydrogen (secondary N) is 2. The fourth-order valence-corrected chi connectivity index (χ4v) is 2.16. The van der Waals surface area contributed by atoms with E-state index in [1.54, 1.807) is 23.9 Å². The van der Waals surface area contributed by atoms with E-state index in [2.05, 4.69) is 26.8 Å². The van der Waals surface area contributed by atoms with Gasteiger partial charge in [-0.2, -0.15) is 0 Å². The standard InChI is InChI=1S/C13H10BrF2N3O2/c1-19-6-8(14)5-11(19)13(21)18-17-12(20)7-2-3-9(15)10(16)4-7/h2-6H,1H3,(H,17,20)(H,18,21). The third-order valence-corrected chi connectivity index (χ3v) is 3.11. The summed E-state index contributed by atoms with van der Waals surface area (Å²) in [5.41, 5.74) is 4.52. The highest BCUT2D eigenvalue weighted by atomic mass is 79.9. The van der Waals surface area contributed by atoms with Crippen LogP contribution in [0.3, 0.4) is 0 Å². The van der Waals surface area contributed by atoms with Gasteiger partial charge in [-0.05, 0) is 40.2 Å². The van der Waals surface area contributed by atoms with Gasteiger partial charge in [-0.25, -0.2) is 8.78 Å². The lowest BCUT2D eigenvalue weighted by molar-refractivity contribution is 0.0842. The molecule has 0 saturated carbocycles. The molecule has 21 heavy (non-hydrogen) atoms. The van der Waals surface area contributed by atoms with E-state index < -0.39 is 23.4 Å². The van der Waals surface area contributed by atoms with Crippen molar-refractivity contribution in [1.29, 1.82) is 0 Å². The van der Waals surface area contributed by atoms with Crippen molar-refractivity contribution >= 4 is 27.7 Å². The van der Waals surface area contributed by atoms with Crippen molar-refractivity contribution in [3.05, 3.63) is 57.8 Å². The molecule has 2 N–H and O–H groups in total. The predicted octanol–water partition coefficient (Wildman–Crippen LogP) is 2.14. The van der Waals surface area contributed by atoms with Gasteiger partial charge in [0.05, 0.1) is 0 Å². The highest BCUT2D eigenvalue weighted by Crippen LogP contribution is 2.13. The van der Waals surface area contributed by atoms with Crippen LogP contribution in [0.2, 0.25) is 0 Å². The minimum atomic E-state index is -1.14. The molecular weight excluding hydrogens is 348 g/mol. The van der Waals surface area contributed by atoms with E-state index in [0.29, 0.717) is 10.2 Å². The Morgan fingerprint density at radius 2 is 1.76 bits per heavy atom. The van der Waals surface area contributed by atoms with E-state index in [4.69, 9.17) is 0 Å². The zero-order valence-corrected chi connectivity index (χ0v) is 12.4. The lowest BCUT2D eigenvalue weighted by Crippen LogP contribution is -2.42. The van der Waals surface area contributed by atoms with Gasteiger partial charge in [0.2, 0.25) is 0 Å². The van der Waals surface area contributed by atoms with Gasteiger partial charge in [0, 0.05) is 23.3 Å². The summed E-state index contributed by atoms with van der Waals surface area (Å²) in [5, 5.41) is 0. The van der Waals surface area contributed by atoms with Gasteiger partial charge >= 0.3 is 0 Å². The van der Waals surface area contributed by atoms with Gasteiger partial charge < -0.3 is 4.57 Å². The van der Waals surface area contributed by atoms with Crippen LogP contribution >= 0.6 is 15.9 Å². The van der Waals surface area contributed by atoms with Gasteiger partial charge in [0.25, 0.3) is 11.8 Å².